The van der Waals surface area contributed by atoms with Crippen molar-refractivity contribution < 1.29 is 19.1 Å². The van der Waals surface area contributed by atoms with E-state index in [9.17, 15) is 9.59 Å². The molecule has 2 amide bonds. The van der Waals surface area contributed by atoms with Crippen molar-refractivity contribution in [2.45, 2.75) is 25.8 Å². The monoisotopic (exact) mass is 514 g/mol. The molecule has 4 rings (SSSR count). The van der Waals surface area contributed by atoms with Crippen LogP contribution in [0, 0.1) is 6.92 Å². The van der Waals surface area contributed by atoms with Gasteiger partial charge >= 0.3 is 0 Å². The number of carbonyl (C=O) groups excluding carboxylic acids is 2. The fourth-order valence-electron chi connectivity index (χ4n) is 4.00. The van der Waals surface area contributed by atoms with E-state index in [0.717, 1.165) is 12.0 Å². The molecule has 196 valence electrons. The van der Waals surface area contributed by atoms with Gasteiger partial charge in [0.1, 0.15) is 11.5 Å². The molecule has 0 spiro atoms. The lowest BCUT2D eigenvalue weighted by atomic mass is 9.92. The van der Waals surface area contributed by atoms with Crippen molar-refractivity contribution in [3.05, 3.63) is 89.4 Å². The number of carbonyl (C=O) groups is 2. The first-order chi connectivity index (χ1) is 18.2. The number of rotatable bonds is 8. The SMILES string of the molecule is COc1cc(OC)cc(C(=O)Nc2ccc(C)c(C(=O)Nc3cnc(NC4(C)C=C(N)C=CC4)nc3)c2)c1. The normalized spacial score (nSPS) is 16.3. The second-order valence-corrected chi connectivity index (χ2v) is 9.13. The predicted octanol–water partition coefficient (Wildman–Crippen LogP) is 4.28. The Labute approximate surface area is 221 Å². The van der Waals surface area contributed by atoms with Crippen LogP contribution in [0.3, 0.4) is 0 Å². The van der Waals surface area contributed by atoms with E-state index in [4.69, 9.17) is 15.2 Å². The Hall–Kier alpha value is -4.86. The van der Waals surface area contributed by atoms with Gasteiger partial charge in [0.2, 0.25) is 5.95 Å². The first kappa shape index (κ1) is 26.2. The molecular weight excluding hydrogens is 484 g/mol. The number of amides is 2. The molecule has 0 saturated heterocycles. The number of allylic oxidation sites excluding steroid dienone is 1. The number of nitrogens with two attached hydrogens (primary N) is 1. The minimum absolute atomic E-state index is 0.356. The summed E-state index contributed by atoms with van der Waals surface area (Å²) >= 11 is 0. The summed E-state index contributed by atoms with van der Waals surface area (Å²) in [5, 5.41) is 8.89. The highest BCUT2D eigenvalue weighted by atomic mass is 16.5. The number of methoxy groups -OCH3 is 2. The van der Waals surface area contributed by atoms with E-state index < -0.39 is 5.54 Å². The molecular formula is C28H30N6O4. The van der Waals surface area contributed by atoms with Gasteiger partial charge in [-0.15, -0.1) is 0 Å². The zero-order chi connectivity index (χ0) is 27.3. The topological polar surface area (TPSA) is 140 Å². The molecule has 1 aromatic heterocycles. The standard InChI is InChI=1S/C28H30N6O4/c1-17-7-8-20(32-25(35)18-10-22(37-3)13-23(11-18)38-4)12-24(17)26(36)33-21-15-30-27(31-16-21)34-28(2)9-5-6-19(29)14-28/h5-8,10-16H,9,29H2,1-4H3,(H,32,35)(H,33,36)(H,30,31,34). The fourth-order valence-corrected chi connectivity index (χ4v) is 4.00. The van der Waals surface area contributed by atoms with Gasteiger partial charge in [0.25, 0.3) is 11.8 Å². The largest absolute Gasteiger partial charge is 0.497 e. The van der Waals surface area contributed by atoms with Crippen LogP contribution in [0.15, 0.2) is 72.7 Å². The van der Waals surface area contributed by atoms with E-state index in [0.29, 0.717) is 45.6 Å². The van der Waals surface area contributed by atoms with Crippen LogP contribution in [0.5, 0.6) is 11.5 Å². The average Bonchev–Trinajstić information content (AvgIpc) is 2.90. The summed E-state index contributed by atoms with van der Waals surface area (Å²) in [6, 6.07) is 10.00. The third-order valence-electron chi connectivity index (χ3n) is 6.00. The molecule has 10 nitrogen and oxygen atoms in total. The summed E-state index contributed by atoms with van der Waals surface area (Å²) in [6.45, 7) is 3.82. The average molecular weight is 515 g/mol. The molecule has 1 heterocycles. The molecule has 10 heteroatoms. The van der Waals surface area contributed by atoms with Crippen LogP contribution in [0.25, 0.3) is 0 Å². The molecule has 1 atom stereocenters. The molecule has 0 aliphatic heterocycles. The number of anilines is 3. The zero-order valence-electron chi connectivity index (χ0n) is 21.7. The number of nitrogens with one attached hydrogen (secondary N) is 3. The number of aromatic nitrogens is 2. The maximum absolute atomic E-state index is 13.0. The van der Waals surface area contributed by atoms with Crippen molar-refractivity contribution in [1.29, 1.82) is 0 Å². The van der Waals surface area contributed by atoms with Crippen molar-refractivity contribution in [3.63, 3.8) is 0 Å². The number of nitrogens with zero attached hydrogens (tertiary/aromatic N) is 2. The molecule has 3 aromatic rings. The Morgan fingerprint density at radius 2 is 1.61 bits per heavy atom. The van der Waals surface area contributed by atoms with E-state index in [1.165, 1.54) is 26.6 Å². The van der Waals surface area contributed by atoms with Gasteiger partial charge in [-0.2, -0.15) is 0 Å². The molecule has 2 aromatic carbocycles. The second kappa shape index (κ2) is 11.0. The Kier molecular flexibility index (Phi) is 7.61. The number of ether oxygens (including phenoxy) is 2. The number of aryl methyl sites for hydroxylation is 1. The molecule has 5 N–H and O–H groups in total. The highest BCUT2D eigenvalue weighted by Crippen LogP contribution is 2.25. The molecule has 0 bridgehead atoms. The van der Waals surface area contributed by atoms with Gasteiger partial charge in [-0.3, -0.25) is 9.59 Å². The quantitative estimate of drug-likeness (QED) is 0.349. The van der Waals surface area contributed by atoms with Crippen LogP contribution < -0.4 is 31.2 Å². The van der Waals surface area contributed by atoms with Gasteiger partial charge in [0.05, 0.1) is 37.8 Å². The smallest absolute Gasteiger partial charge is 0.256 e. The molecule has 38 heavy (non-hydrogen) atoms. The summed E-state index contributed by atoms with van der Waals surface area (Å²) in [7, 11) is 3.03. The van der Waals surface area contributed by atoms with Crippen molar-refractivity contribution in [2.24, 2.45) is 5.73 Å². The lowest BCUT2D eigenvalue weighted by molar-refractivity contribution is 0.101. The third kappa shape index (κ3) is 6.28. The van der Waals surface area contributed by atoms with Crippen LogP contribution >= 0.6 is 0 Å². The number of benzene rings is 2. The van der Waals surface area contributed by atoms with Crippen molar-refractivity contribution in [1.82, 2.24) is 9.97 Å². The summed E-state index contributed by atoms with van der Waals surface area (Å²) in [6.07, 6.45) is 9.57. The molecule has 0 fully saturated rings. The predicted molar refractivity (Wildman–Crippen MR) is 147 cm³/mol. The van der Waals surface area contributed by atoms with E-state index in [-0.39, 0.29) is 11.8 Å². The summed E-state index contributed by atoms with van der Waals surface area (Å²) < 4.78 is 10.5. The summed E-state index contributed by atoms with van der Waals surface area (Å²) in [5.41, 5.74) is 8.58. The maximum Gasteiger partial charge on any atom is 0.256 e. The van der Waals surface area contributed by atoms with Gasteiger partial charge in [0.15, 0.2) is 0 Å². The lowest BCUT2D eigenvalue weighted by Gasteiger charge is -2.28. The van der Waals surface area contributed by atoms with Gasteiger partial charge in [-0.25, -0.2) is 9.97 Å². The fraction of sp³-hybridized carbons (Fsp3) is 0.214. The van der Waals surface area contributed by atoms with Crippen LogP contribution in [0.4, 0.5) is 17.3 Å². The van der Waals surface area contributed by atoms with Crippen LogP contribution in [-0.2, 0) is 0 Å². The number of hydrogen-bond donors (Lipinski definition) is 4. The van der Waals surface area contributed by atoms with Crippen LogP contribution in [0.1, 0.15) is 39.6 Å². The van der Waals surface area contributed by atoms with E-state index in [1.54, 1.807) is 36.4 Å². The Balaban J connectivity index is 1.44. The van der Waals surface area contributed by atoms with Crippen molar-refractivity contribution in [2.75, 3.05) is 30.2 Å². The summed E-state index contributed by atoms with van der Waals surface area (Å²) in [4.78, 5) is 34.5. The minimum atomic E-state index is -0.401. The van der Waals surface area contributed by atoms with Crippen LogP contribution in [-0.4, -0.2) is 41.5 Å². The Bertz CT molecular complexity index is 1400. The highest BCUT2D eigenvalue weighted by molar-refractivity contribution is 6.08. The Morgan fingerprint density at radius 3 is 2.24 bits per heavy atom. The maximum atomic E-state index is 13.0. The molecule has 1 aliphatic carbocycles. The molecule has 0 saturated carbocycles. The van der Waals surface area contributed by atoms with E-state index in [1.807, 2.05) is 32.1 Å². The molecule has 1 unspecified atom stereocenters. The highest BCUT2D eigenvalue weighted by Gasteiger charge is 2.23. The first-order valence-corrected chi connectivity index (χ1v) is 11.9. The first-order valence-electron chi connectivity index (χ1n) is 11.9. The molecule has 0 radical (unpaired) electrons. The van der Waals surface area contributed by atoms with Crippen molar-refractivity contribution in [3.8, 4) is 11.5 Å². The minimum Gasteiger partial charge on any atom is -0.497 e. The zero-order valence-corrected chi connectivity index (χ0v) is 21.7. The van der Waals surface area contributed by atoms with Gasteiger partial charge < -0.3 is 31.2 Å². The number of hydrogen-bond acceptors (Lipinski definition) is 8. The van der Waals surface area contributed by atoms with Crippen molar-refractivity contribution >= 4 is 29.1 Å². The molecule has 1 aliphatic rings. The van der Waals surface area contributed by atoms with Gasteiger partial charge in [-0.1, -0.05) is 12.1 Å². The van der Waals surface area contributed by atoms with Gasteiger partial charge in [-0.05, 0) is 62.2 Å². The van der Waals surface area contributed by atoms with E-state index >= 15 is 0 Å². The lowest BCUT2D eigenvalue weighted by Crippen LogP contribution is -2.35. The third-order valence-corrected chi connectivity index (χ3v) is 6.00. The summed E-state index contributed by atoms with van der Waals surface area (Å²) in [5.74, 6) is 0.679. The Morgan fingerprint density at radius 1 is 0.947 bits per heavy atom. The second-order valence-electron chi connectivity index (χ2n) is 9.13. The van der Waals surface area contributed by atoms with E-state index in [2.05, 4.69) is 25.9 Å². The van der Waals surface area contributed by atoms with Gasteiger partial charge in [0, 0.05) is 28.6 Å². The van der Waals surface area contributed by atoms with Crippen LogP contribution in [0.2, 0.25) is 0 Å².